The number of nitrogens with zero attached hydrogens (tertiary/aromatic N) is 1. The van der Waals surface area contributed by atoms with Gasteiger partial charge in [-0.25, -0.2) is 12.7 Å². The van der Waals surface area contributed by atoms with Crippen LogP contribution in [-0.2, 0) is 16.6 Å². The lowest BCUT2D eigenvalue weighted by Gasteiger charge is -2.18. The Hall–Kier alpha value is -0.910. The fraction of sp³-hybridized carbons (Fsp3) is 0.571. The Morgan fingerprint density at radius 2 is 2.05 bits per heavy atom. The van der Waals surface area contributed by atoms with E-state index in [1.807, 2.05) is 13.0 Å². The predicted octanol–water partition coefficient (Wildman–Crippen LogP) is 1.73. The summed E-state index contributed by atoms with van der Waals surface area (Å²) in [5.41, 5.74) is 7.55. The molecule has 106 valence electrons. The number of sulfonamides is 1. The van der Waals surface area contributed by atoms with Gasteiger partial charge in [0.2, 0.25) is 10.0 Å². The summed E-state index contributed by atoms with van der Waals surface area (Å²) in [7, 11) is -1.73. The van der Waals surface area contributed by atoms with E-state index in [0.29, 0.717) is 29.8 Å². The van der Waals surface area contributed by atoms with Gasteiger partial charge in [-0.2, -0.15) is 0 Å². The van der Waals surface area contributed by atoms with Crippen molar-refractivity contribution in [1.82, 2.24) is 4.31 Å². The smallest absolute Gasteiger partial charge is 0.242 e. The summed E-state index contributed by atoms with van der Waals surface area (Å²) in [5.74, 6) is 1.16. The summed E-state index contributed by atoms with van der Waals surface area (Å²) in [6.07, 6.45) is 1.13. The lowest BCUT2D eigenvalue weighted by atomic mass is 10.1. The maximum atomic E-state index is 12.5. The number of aryl methyl sites for hydroxylation is 1. The molecule has 0 aromatic heterocycles. The minimum Gasteiger partial charge on any atom is -0.326 e. The monoisotopic (exact) mass is 282 g/mol. The third-order valence-corrected chi connectivity index (χ3v) is 5.84. The minimum absolute atomic E-state index is 0.342. The summed E-state index contributed by atoms with van der Waals surface area (Å²) in [5, 5.41) is 0. The van der Waals surface area contributed by atoms with Gasteiger partial charge in [0.05, 0.1) is 4.90 Å². The van der Waals surface area contributed by atoms with Crippen LogP contribution >= 0.6 is 0 Å². The summed E-state index contributed by atoms with van der Waals surface area (Å²) in [6, 6.07) is 5.18. The van der Waals surface area contributed by atoms with Crippen LogP contribution in [0.2, 0.25) is 0 Å². The molecule has 2 rings (SSSR count). The first kappa shape index (κ1) is 14.5. The lowest BCUT2D eigenvalue weighted by Crippen LogP contribution is -2.29. The van der Waals surface area contributed by atoms with Crippen molar-refractivity contribution in [3.8, 4) is 0 Å². The Morgan fingerprint density at radius 1 is 1.42 bits per heavy atom. The van der Waals surface area contributed by atoms with Gasteiger partial charge in [-0.1, -0.05) is 13.0 Å². The fourth-order valence-corrected chi connectivity index (χ4v) is 3.57. The molecule has 19 heavy (non-hydrogen) atoms. The molecule has 2 atom stereocenters. The highest BCUT2D eigenvalue weighted by Gasteiger charge is 2.36. The number of benzene rings is 1. The van der Waals surface area contributed by atoms with E-state index in [0.717, 1.165) is 17.5 Å². The summed E-state index contributed by atoms with van der Waals surface area (Å²) < 4.78 is 26.4. The first-order valence-corrected chi connectivity index (χ1v) is 8.06. The topological polar surface area (TPSA) is 63.4 Å². The average molecular weight is 282 g/mol. The summed E-state index contributed by atoms with van der Waals surface area (Å²) >= 11 is 0. The Balaban J connectivity index is 2.23. The van der Waals surface area contributed by atoms with Crippen LogP contribution in [0.3, 0.4) is 0 Å². The Kier molecular flexibility index (Phi) is 3.99. The van der Waals surface area contributed by atoms with Crippen LogP contribution < -0.4 is 5.73 Å². The molecule has 1 aliphatic rings. The normalized spacial score (nSPS) is 22.8. The average Bonchev–Trinajstić information content (AvgIpc) is 3.05. The van der Waals surface area contributed by atoms with Crippen molar-refractivity contribution in [2.24, 2.45) is 17.6 Å². The number of nitrogens with two attached hydrogens (primary N) is 1. The van der Waals surface area contributed by atoms with E-state index in [1.165, 1.54) is 4.31 Å². The zero-order valence-corrected chi connectivity index (χ0v) is 12.6. The second kappa shape index (κ2) is 5.23. The molecule has 0 heterocycles. The van der Waals surface area contributed by atoms with Crippen LogP contribution in [0.1, 0.15) is 24.5 Å². The first-order valence-electron chi connectivity index (χ1n) is 6.62. The van der Waals surface area contributed by atoms with Crippen molar-refractivity contribution < 1.29 is 8.42 Å². The van der Waals surface area contributed by atoms with E-state index < -0.39 is 10.0 Å². The van der Waals surface area contributed by atoms with Gasteiger partial charge in [-0.3, -0.25) is 0 Å². The molecule has 2 unspecified atom stereocenters. The van der Waals surface area contributed by atoms with Crippen LogP contribution in [-0.4, -0.2) is 26.3 Å². The molecule has 2 N–H and O–H groups in total. The van der Waals surface area contributed by atoms with Crippen LogP contribution in [0.4, 0.5) is 0 Å². The molecule has 0 radical (unpaired) electrons. The Labute approximate surface area is 115 Å². The molecule has 1 saturated carbocycles. The lowest BCUT2D eigenvalue weighted by molar-refractivity contribution is 0.444. The standard InChI is InChI=1S/C14H22N2O2S/c1-10-4-5-14(7-12(10)8-15)19(17,18)16(3)9-13-6-11(13)2/h4-5,7,11,13H,6,8-9,15H2,1-3H3. The van der Waals surface area contributed by atoms with E-state index in [2.05, 4.69) is 6.92 Å². The number of hydrogen-bond acceptors (Lipinski definition) is 3. The van der Waals surface area contributed by atoms with Crippen LogP contribution in [0.25, 0.3) is 0 Å². The molecule has 5 heteroatoms. The molecule has 0 bridgehead atoms. The van der Waals surface area contributed by atoms with Crippen molar-refractivity contribution >= 4 is 10.0 Å². The van der Waals surface area contributed by atoms with E-state index in [9.17, 15) is 8.42 Å². The fourth-order valence-electron chi connectivity index (χ4n) is 2.29. The minimum atomic E-state index is -3.39. The van der Waals surface area contributed by atoms with E-state index in [-0.39, 0.29) is 0 Å². The van der Waals surface area contributed by atoms with Crippen LogP contribution in [0, 0.1) is 18.8 Å². The van der Waals surface area contributed by atoms with Gasteiger partial charge in [-0.05, 0) is 48.4 Å². The third kappa shape index (κ3) is 2.99. The predicted molar refractivity (Wildman–Crippen MR) is 76.2 cm³/mol. The van der Waals surface area contributed by atoms with E-state index in [4.69, 9.17) is 5.73 Å². The van der Waals surface area contributed by atoms with Crippen molar-refractivity contribution in [3.63, 3.8) is 0 Å². The van der Waals surface area contributed by atoms with Gasteiger partial charge in [0.1, 0.15) is 0 Å². The molecule has 1 aromatic carbocycles. The van der Waals surface area contributed by atoms with Gasteiger partial charge in [0.15, 0.2) is 0 Å². The maximum absolute atomic E-state index is 12.5. The molecule has 1 aliphatic carbocycles. The molecule has 1 aromatic rings. The van der Waals surface area contributed by atoms with Crippen LogP contribution in [0.5, 0.6) is 0 Å². The summed E-state index contributed by atoms with van der Waals surface area (Å²) in [4.78, 5) is 0.342. The van der Waals surface area contributed by atoms with E-state index in [1.54, 1.807) is 19.2 Å². The highest BCUT2D eigenvalue weighted by atomic mass is 32.2. The molecule has 0 saturated heterocycles. The zero-order valence-electron chi connectivity index (χ0n) is 11.8. The third-order valence-electron chi connectivity index (χ3n) is 4.02. The Bertz CT molecular complexity index is 569. The van der Waals surface area contributed by atoms with Crippen molar-refractivity contribution in [1.29, 1.82) is 0 Å². The van der Waals surface area contributed by atoms with Crippen molar-refractivity contribution in [2.75, 3.05) is 13.6 Å². The van der Waals surface area contributed by atoms with E-state index >= 15 is 0 Å². The maximum Gasteiger partial charge on any atom is 0.242 e. The SMILES string of the molecule is Cc1ccc(S(=O)(=O)N(C)CC2CC2C)cc1CN. The van der Waals surface area contributed by atoms with Crippen molar-refractivity contribution in [3.05, 3.63) is 29.3 Å². The highest BCUT2D eigenvalue weighted by molar-refractivity contribution is 7.89. The molecule has 0 spiro atoms. The second-order valence-corrected chi connectivity index (χ2v) is 7.60. The first-order chi connectivity index (χ1) is 8.86. The van der Waals surface area contributed by atoms with Gasteiger partial charge in [0.25, 0.3) is 0 Å². The number of rotatable bonds is 5. The van der Waals surface area contributed by atoms with Gasteiger partial charge >= 0.3 is 0 Å². The molecular weight excluding hydrogens is 260 g/mol. The molecule has 1 fully saturated rings. The Morgan fingerprint density at radius 3 is 2.58 bits per heavy atom. The zero-order chi connectivity index (χ0) is 14.2. The summed E-state index contributed by atoms with van der Waals surface area (Å²) in [6.45, 7) is 5.06. The molecular formula is C14H22N2O2S. The largest absolute Gasteiger partial charge is 0.326 e. The van der Waals surface area contributed by atoms with Crippen LogP contribution in [0.15, 0.2) is 23.1 Å². The quantitative estimate of drug-likeness (QED) is 0.894. The van der Waals surface area contributed by atoms with Gasteiger partial charge in [-0.15, -0.1) is 0 Å². The second-order valence-electron chi connectivity index (χ2n) is 5.55. The number of hydrogen-bond donors (Lipinski definition) is 1. The molecule has 4 nitrogen and oxygen atoms in total. The van der Waals surface area contributed by atoms with Gasteiger partial charge < -0.3 is 5.73 Å². The molecule has 0 amide bonds. The highest BCUT2D eigenvalue weighted by Crippen LogP contribution is 2.38. The van der Waals surface area contributed by atoms with Crippen molar-refractivity contribution in [2.45, 2.75) is 31.7 Å². The molecule has 0 aliphatic heterocycles. The van der Waals surface area contributed by atoms with Gasteiger partial charge in [0, 0.05) is 20.1 Å².